The van der Waals surface area contributed by atoms with Crippen LogP contribution in [0.4, 0.5) is 0 Å². The van der Waals surface area contributed by atoms with Gasteiger partial charge in [-0.15, -0.1) is 0 Å². The number of likely N-dealkylation sites (N-methyl/N-ethyl adjacent to an activating group) is 1. The van der Waals surface area contributed by atoms with Crippen LogP contribution >= 0.6 is 0 Å². The molecule has 0 radical (unpaired) electrons. The zero-order valence-corrected chi connectivity index (χ0v) is 7.86. The molecule has 0 aromatic carbocycles. The summed E-state index contributed by atoms with van der Waals surface area (Å²) in [5.74, 6) is -0.343. The highest BCUT2D eigenvalue weighted by Crippen LogP contribution is 2.29. The number of carbonyl (C=O) groups excluding carboxylic acids is 1. The van der Waals surface area contributed by atoms with Crippen molar-refractivity contribution in [2.75, 3.05) is 7.05 Å². The van der Waals surface area contributed by atoms with E-state index in [1.807, 2.05) is 20.8 Å². The van der Waals surface area contributed by atoms with E-state index in [0.29, 0.717) is 0 Å². The number of hydrogen-bond donors (Lipinski definition) is 2. The second-order valence-corrected chi connectivity index (χ2v) is 3.90. The maximum atomic E-state index is 11.1. The largest absolute Gasteiger partial charge is 0.380 e. The third kappa shape index (κ3) is 1.93. The van der Waals surface area contributed by atoms with Crippen LogP contribution in [0.1, 0.15) is 27.7 Å². The molecular weight excluding hydrogens is 142 g/mol. The van der Waals surface area contributed by atoms with E-state index in [0.717, 1.165) is 0 Å². The Morgan fingerprint density at radius 1 is 1.27 bits per heavy atom. The Labute approximate surface area is 67.8 Å². The number of amides is 1. The molecule has 0 heterocycles. The van der Waals surface area contributed by atoms with Crippen molar-refractivity contribution in [2.45, 2.75) is 33.3 Å². The molecule has 0 spiro atoms. The number of carbonyl (C=O) groups is 1. The van der Waals surface area contributed by atoms with Crippen molar-refractivity contribution in [3.05, 3.63) is 0 Å². The molecule has 0 aliphatic carbocycles. The summed E-state index contributed by atoms with van der Waals surface area (Å²) in [6, 6.07) is 0. The van der Waals surface area contributed by atoms with Crippen molar-refractivity contribution >= 4 is 5.91 Å². The summed E-state index contributed by atoms with van der Waals surface area (Å²) in [6.45, 7) is 6.98. The fourth-order valence-corrected chi connectivity index (χ4v) is 0.584. The van der Waals surface area contributed by atoms with Gasteiger partial charge in [-0.3, -0.25) is 4.79 Å². The lowest BCUT2D eigenvalue weighted by Gasteiger charge is -2.34. The van der Waals surface area contributed by atoms with Crippen molar-refractivity contribution in [1.29, 1.82) is 0 Å². The van der Waals surface area contributed by atoms with Crippen molar-refractivity contribution in [2.24, 2.45) is 5.41 Å². The van der Waals surface area contributed by atoms with Crippen LogP contribution in [-0.4, -0.2) is 23.7 Å². The van der Waals surface area contributed by atoms with Crippen molar-refractivity contribution in [3.8, 4) is 0 Å². The molecule has 0 saturated heterocycles. The van der Waals surface area contributed by atoms with Gasteiger partial charge in [0.15, 0.2) is 0 Å². The van der Waals surface area contributed by atoms with Gasteiger partial charge in [0, 0.05) is 7.05 Å². The minimum atomic E-state index is -1.30. The average Bonchev–Trinajstić information content (AvgIpc) is 1.83. The van der Waals surface area contributed by atoms with Crippen LogP contribution in [0.3, 0.4) is 0 Å². The van der Waals surface area contributed by atoms with Gasteiger partial charge in [-0.1, -0.05) is 20.8 Å². The molecule has 0 aromatic rings. The van der Waals surface area contributed by atoms with Gasteiger partial charge < -0.3 is 10.4 Å². The smallest absolute Gasteiger partial charge is 0.251 e. The van der Waals surface area contributed by atoms with E-state index in [-0.39, 0.29) is 5.91 Å². The molecule has 1 amide bonds. The third-order valence-electron chi connectivity index (χ3n) is 2.13. The van der Waals surface area contributed by atoms with Crippen LogP contribution in [0.2, 0.25) is 0 Å². The van der Waals surface area contributed by atoms with Crippen LogP contribution in [0.5, 0.6) is 0 Å². The molecule has 0 rings (SSSR count). The Hall–Kier alpha value is -0.570. The Morgan fingerprint density at radius 2 is 1.64 bits per heavy atom. The second-order valence-electron chi connectivity index (χ2n) is 3.90. The summed E-state index contributed by atoms with van der Waals surface area (Å²) in [7, 11) is 1.52. The first-order valence-corrected chi connectivity index (χ1v) is 3.68. The number of nitrogens with one attached hydrogen (secondary N) is 1. The first-order valence-electron chi connectivity index (χ1n) is 3.68. The minimum Gasteiger partial charge on any atom is -0.380 e. The van der Waals surface area contributed by atoms with Crippen molar-refractivity contribution < 1.29 is 9.90 Å². The van der Waals surface area contributed by atoms with E-state index >= 15 is 0 Å². The summed E-state index contributed by atoms with van der Waals surface area (Å²) in [6.07, 6.45) is 0. The minimum absolute atomic E-state index is 0.343. The maximum Gasteiger partial charge on any atom is 0.251 e. The van der Waals surface area contributed by atoms with Gasteiger partial charge in [-0.05, 0) is 12.3 Å². The lowest BCUT2D eigenvalue weighted by Crippen LogP contribution is -2.52. The molecular formula is C8H17NO2. The summed E-state index contributed by atoms with van der Waals surface area (Å²) < 4.78 is 0. The topological polar surface area (TPSA) is 49.3 Å². The normalized spacial score (nSPS) is 17.3. The standard InChI is InChI=1S/C8H17NO2/c1-7(2,3)8(4,11)6(10)9-5/h11H,1-5H3,(H,9,10). The molecule has 1 atom stereocenters. The van der Waals surface area contributed by atoms with Gasteiger partial charge in [-0.2, -0.15) is 0 Å². The summed E-state index contributed by atoms with van der Waals surface area (Å²) >= 11 is 0. The molecule has 0 saturated carbocycles. The van der Waals surface area contributed by atoms with Crippen LogP contribution < -0.4 is 5.32 Å². The molecule has 0 aliphatic heterocycles. The van der Waals surface area contributed by atoms with E-state index in [4.69, 9.17) is 0 Å². The molecule has 0 bridgehead atoms. The van der Waals surface area contributed by atoms with Gasteiger partial charge in [-0.25, -0.2) is 0 Å². The van der Waals surface area contributed by atoms with Crippen LogP contribution in [0.25, 0.3) is 0 Å². The van der Waals surface area contributed by atoms with E-state index in [1.54, 1.807) is 0 Å². The van der Waals surface area contributed by atoms with Gasteiger partial charge in [0.1, 0.15) is 5.60 Å². The van der Waals surface area contributed by atoms with Gasteiger partial charge in [0.2, 0.25) is 0 Å². The average molecular weight is 159 g/mol. The third-order valence-corrected chi connectivity index (χ3v) is 2.13. The molecule has 3 nitrogen and oxygen atoms in total. The molecule has 0 aliphatic rings. The Kier molecular flexibility index (Phi) is 2.67. The Morgan fingerprint density at radius 3 is 1.73 bits per heavy atom. The summed E-state index contributed by atoms with van der Waals surface area (Å²) in [5, 5.41) is 12.1. The Balaban J connectivity index is 4.59. The number of hydrogen-bond acceptors (Lipinski definition) is 2. The zero-order valence-electron chi connectivity index (χ0n) is 7.86. The predicted molar refractivity (Wildman–Crippen MR) is 44.1 cm³/mol. The first-order chi connectivity index (χ1) is 4.73. The van der Waals surface area contributed by atoms with Gasteiger partial charge in [0.05, 0.1) is 0 Å². The first kappa shape index (κ1) is 10.4. The monoisotopic (exact) mass is 159 g/mol. The second kappa shape index (κ2) is 2.81. The van der Waals surface area contributed by atoms with Gasteiger partial charge in [0.25, 0.3) is 5.91 Å². The lowest BCUT2D eigenvalue weighted by molar-refractivity contribution is -0.148. The zero-order chi connectivity index (χ0) is 9.28. The molecule has 0 fully saturated rings. The van der Waals surface area contributed by atoms with E-state index in [9.17, 15) is 9.90 Å². The molecule has 66 valence electrons. The fraction of sp³-hybridized carbons (Fsp3) is 0.875. The molecule has 3 heteroatoms. The van der Waals surface area contributed by atoms with Crippen molar-refractivity contribution in [3.63, 3.8) is 0 Å². The summed E-state index contributed by atoms with van der Waals surface area (Å²) in [4.78, 5) is 11.1. The quantitative estimate of drug-likeness (QED) is 0.586. The number of rotatable bonds is 1. The van der Waals surface area contributed by atoms with Crippen LogP contribution in [0, 0.1) is 5.41 Å². The molecule has 1 unspecified atom stereocenters. The maximum absolute atomic E-state index is 11.1. The van der Waals surface area contributed by atoms with Crippen LogP contribution in [0.15, 0.2) is 0 Å². The lowest BCUT2D eigenvalue weighted by atomic mass is 9.77. The van der Waals surface area contributed by atoms with Crippen molar-refractivity contribution in [1.82, 2.24) is 5.32 Å². The summed E-state index contributed by atoms with van der Waals surface area (Å²) in [5.41, 5.74) is -1.74. The molecule has 11 heavy (non-hydrogen) atoms. The van der Waals surface area contributed by atoms with Gasteiger partial charge >= 0.3 is 0 Å². The number of aliphatic hydroxyl groups is 1. The van der Waals surface area contributed by atoms with E-state index in [1.165, 1.54) is 14.0 Å². The fourth-order valence-electron chi connectivity index (χ4n) is 0.584. The predicted octanol–water partition coefficient (Wildman–Crippen LogP) is 0.529. The molecule has 0 aromatic heterocycles. The highest BCUT2D eigenvalue weighted by Gasteiger charge is 2.41. The van der Waals surface area contributed by atoms with Crippen LogP contribution in [-0.2, 0) is 4.79 Å². The highest BCUT2D eigenvalue weighted by atomic mass is 16.3. The Bertz CT molecular complexity index is 156. The molecule has 2 N–H and O–H groups in total. The SMILES string of the molecule is CNC(=O)C(C)(O)C(C)(C)C. The van der Waals surface area contributed by atoms with E-state index in [2.05, 4.69) is 5.32 Å². The highest BCUT2D eigenvalue weighted by molar-refractivity contribution is 5.84. The van der Waals surface area contributed by atoms with E-state index < -0.39 is 11.0 Å².